The van der Waals surface area contributed by atoms with Gasteiger partial charge in [0.1, 0.15) is 12.3 Å². The van der Waals surface area contributed by atoms with Crippen molar-refractivity contribution in [2.24, 2.45) is 0 Å². The van der Waals surface area contributed by atoms with Crippen molar-refractivity contribution >= 4 is 17.5 Å². The number of carbonyl (C=O) groups excluding carboxylic acids is 1. The number of thioether (sulfide) groups is 1. The molecule has 2 aromatic heterocycles. The van der Waals surface area contributed by atoms with Gasteiger partial charge in [-0.3, -0.25) is 4.79 Å². The summed E-state index contributed by atoms with van der Waals surface area (Å²) < 4.78 is 6.91. The highest BCUT2D eigenvalue weighted by atomic mass is 32.2. The van der Waals surface area contributed by atoms with E-state index in [1.165, 1.54) is 17.3 Å². The van der Waals surface area contributed by atoms with Crippen molar-refractivity contribution in [3.63, 3.8) is 0 Å². The molecule has 0 aliphatic heterocycles. The maximum Gasteiger partial charge on any atom is 0.210 e. The lowest BCUT2D eigenvalue weighted by molar-refractivity contribution is 0.102. The third-order valence-corrected chi connectivity index (χ3v) is 4.50. The SMILES string of the molecule is Cc1ccc(C(=O)CSc2nnnn2Cc2ccco2)cc1C. The Kier molecular flexibility index (Phi) is 4.57. The molecule has 0 N–H and O–H groups in total. The van der Waals surface area contributed by atoms with Gasteiger partial charge in [-0.05, 0) is 53.6 Å². The Hall–Kier alpha value is -2.41. The van der Waals surface area contributed by atoms with Gasteiger partial charge in [-0.15, -0.1) is 5.10 Å². The third-order valence-electron chi connectivity index (χ3n) is 3.55. The second kappa shape index (κ2) is 6.78. The maximum atomic E-state index is 12.3. The first-order valence-corrected chi connectivity index (χ1v) is 8.14. The number of benzene rings is 1. The summed E-state index contributed by atoms with van der Waals surface area (Å²) in [5, 5.41) is 12.2. The quantitative estimate of drug-likeness (QED) is 0.512. The highest BCUT2D eigenvalue weighted by Crippen LogP contribution is 2.18. The second-order valence-electron chi connectivity index (χ2n) is 5.21. The van der Waals surface area contributed by atoms with Gasteiger partial charge in [-0.2, -0.15) is 0 Å². The highest BCUT2D eigenvalue weighted by molar-refractivity contribution is 7.99. The van der Waals surface area contributed by atoms with Crippen LogP contribution in [-0.2, 0) is 6.54 Å². The number of tetrazole rings is 1. The molecular weight excluding hydrogens is 312 g/mol. The molecule has 0 bridgehead atoms. The molecule has 0 fully saturated rings. The summed E-state index contributed by atoms with van der Waals surface area (Å²) >= 11 is 1.32. The van der Waals surface area contributed by atoms with Crippen LogP contribution in [0.4, 0.5) is 0 Å². The van der Waals surface area contributed by atoms with Crippen LogP contribution in [0, 0.1) is 13.8 Å². The molecule has 0 amide bonds. The van der Waals surface area contributed by atoms with Crippen LogP contribution in [0.2, 0.25) is 0 Å². The van der Waals surface area contributed by atoms with Gasteiger partial charge in [0, 0.05) is 5.56 Å². The topological polar surface area (TPSA) is 73.8 Å². The average Bonchev–Trinajstić information content (AvgIpc) is 3.20. The first kappa shape index (κ1) is 15.5. The van der Waals surface area contributed by atoms with Crippen LogP contribution in [0.5, 0.6) is 0 Å². The van der Waals surface area contributed by atoms with Crippen molar-refractivity contribution in [3.8, 4) is 0 Å². The molecule has 0 atom stereocenters. The number of rotatable bonds is 6. The summed E-state index contributed by atoms with van der Waals surface area (Å²) in [6, 6.07) is 9.42. The van der Waals surface area contributed by atoms with Crippen molar-refractivity contribution < 1.29 is 9.21 Å². The number of hydrogen-bond donors (Lipinski definition) is 0. The predicted octanol–water partition coefficient (Wildman–Crippen LogP) is 2.91. The summed E-state index contributed by atoms with van der Waals surface area (Å²) in [6.07, 6.45) is 1.61. The summed E-state index contributed by atoms with van der Waals surface area (Å²) in [5.41, 5.74) is 3.01. The minimum Gasteiger partial charge on any atom is -0.467 e. The number of carbonyl (C=O) groups is 1. The second-order valence-corrected chi connectivity index (χ2v) is 6.15. The normalized spacial score (nSPS) is 10.9. The highest BCUT2D eigenvalue weighted by Gasteiger charge is 2.13. The van der Waals surface area contributed by atoms with E-state index in [1.54, 1.807) is 10.9 Å². The Labute approximate surface area is 137 Å². The molecule has 0 spiro atoms. The zero-order valence-corrected chi connectivity index (χ0v) is 13.7. The van der Waals surface area contributed by atoms with Gasteiger partial charge in [0.2, 0.25) is 5.16 Å². The molecular formula is C16H16N4O2S. The summed E-state index contributed by atoms with van der Waals surface area (Å²) in [6.45, 7) is 4.48. The van der Waals surface area contributed by atoms with Crippen molar-refractivity contribution in [2.45, 2.75) is 25.5 Å². The van der Waals surface area contributed by atoms with E-state index in [9.17, 15) is 4.79 Å². The predicted molar refractivity (Wildman–Crippen MR) is 86.6 cm³/mol. The smallest absolute Gasteiger partial charge is 0.210 e. The fraction of sp³-hybridized carbons (Fsp3) is 0.250. The van der Waals surface area contributed by atoms with Crippen molar-refractivity contribution in [2.75, 3.05) is 5.75 Å². The number of aryl methyl sites for hydroxylation is 2. The maximum absolute atomic E-state index is 12.3. The van der Waals surface area contributed by atoms with Crippen molar-refractivity contribution in [1.82, 2.24) is 20.2 Å². The molecule has 0 radical (unpaired) electrons. The van der Waals surface area contributed by atoms with Crippen LogP contribution in [0.3, 0.4) is 0 Å². The Morgan fingerprint density at radius 2 is 2.13 bits per heavy atom. The lowest BCUT2D eigenvalue weighted by atomic mass is 10.0. The van der Waals surface area contributed by atoms with Gasteiger partial charge < -0.3 is 4.42 Å². The molecule has 2 heterocycles. The van der Waals surface area contributed by atoms with Gasteiger partial charge in [0.15, 0.2) is 5.78 Å². The molecule has 3 aromatic rings. The number of hydrogen-bond acceptors (Lipinski definition) is 6. The fourth-order valence-corrected chi connectivity index (χ4v) is 2.85. The number of Topliss-reactive ketones (excluding diaryl/α,β-unsaturated/α-hetero) is 1. The van der Waals surface area contributed by atoms with E-state index in [0.29, 0.717) is 23.0 Å². The molecule has 118 valence electrons. The molecule has 3 rings (SSSR count). The van der Waals surface area contributed by atoms with Crippen LogP contribution in [0.25, 0.3) is 0 Å². The molecule has 0 unspecified atom stereocenters. The Morgan fingerprint density at radius 3 is 2.87 bits per heavy atom. The monoisotopic (exact) mass is 328 g/mol. The standard InChI is InChI=1S/C16H16N4O2S/c1-11-5-6-13(8-12(11)2)15(21)10-23-16-17-18-19-20(16)9-14-4-3-7-22-14/h3-8H,9-10H2,1-2H3. The first-order valence-electron chi connectivity index (χ1n) is 7.15. The minimum atomic E-state index is 0.0608. The van der Waals surface area contributed by atoms with E-state index in [1.807, 2.05) is 44.2 Å². The summed E-state index contributed by atoms with van der Waals surface area (Å²) in [5.74, 6) is 1.12. The van der Waals surface area contributed by atoms with E-state index in [0.717, 1.165) is 11.3 Å². The van der Waals surface area contributed by atoms with Gasteiger partial charge in [0.05, 0.1) is 12.0 Å². The number of ketones is 1. The van der Waals surface area contributed by atoms with Crippen LogP contribution in [0.1, 0.15) is 27.2 Å². The molecule has 6 nitrogen and oxygen atoms in total. The van der Waals surface area contributed by atoms with Gasteiger partial charge >= 0.3 is 0 Å². The first-order chi connectivity index (χ1) is 11.1. The molecule has 0 saturated carbocycles. The summed E-state index contributed by atoms with van der Waals surface area (Å²) in [4.78, 5) is 12.3. The zero-order valence-electron chi connectivity index (χ0n) is 12.9. The fourth-order valence-electron chi connectivity index (χ4n) is 2.08. The minimum absolute atomic E-state index is 0.0608. The molecule has 1 aromatic carbocycles. The molecule has 0 aliphatic rings. The van der Waals surface area contributed by atoms with E-state index in [2.05, 4.69) is 15.5 Å². The van der Waals surface area contributed by atoms with Crippen LogP contribution < -0.4 is 0 Å². The zero-order chi connectivity index (χ0) is 16.2. The average molecular weight is 328 g/mol. The van der Waals surface area contributed by atoms with Crippen LogP contribution in [-0.4, -0.2) is 31.7 Å². The van der Waals surface area contributed by atoms with E-state index in [4.69, 9.17) is 4.42 Å². The van der Waals surface area contributed by atoms with E-state index >= 15 is 0 Å². The molecule has 7 heteroatoms. The van der Waals surface area contributed by atoms with Gasteiger partial charge in [-0.25, -0.2) is 4.68 Å². The van der Waals surface area contributed by atoms with Gasteiger partial charge in [-0.1, -0.05) is 23.9 Å². The summed E-state index contributed by atoms with van der Waals surface area (Å²) in [7, 11) is 0. The van der Waals surface area contributed by atoms with E-state index < -0.39 is 0 Å². The third kappa shape index (κ3) is 3.68. The molecule has 0 aliphatic carbocycles. The largest absolute Gasteiger partial charge is 0.467 e. The number of nitrogens with zero attached hydrogens (tertiary/aromatic N) is 4. The lowest BCUT2D eigenvalue weighted by Gasteiger charge is -2.05. The number of furan rings is 1. The van der Waals surface area contributed by atoms with Gasteiger partial charge in [0.25, 0.3) is 0 Å². The molecule has 0 saturated heterocycles. The van der Waals surface area contributed by atoms with Crippen LogP contribution >= 0.6 is 11.8 Å². The Morgan fingerprint density at radius 1 is 1.26 bits per heavy atom. The van der Waals surface area contributed by atoms with Crippen molar-refractivity contribution in [3.05, 3.63) is 59.0 Å². The number of aromatic nitrogens is 4. The lowest BCUT2D eigenvalue weighted by Crippen LogP contribution is -2.07. The van der Waals surface area contributed by atoms with E-state index in [-0.39, 0.29) is 5.78 Å². The Balaban J connectivity index is 1.65. The van der Waals surface area contributed by atoms with Crippen molar-refractivity contribution in [1.29, 1.82) is 0 Å². The molecule has 23 heavy (non-hydrogen) atoms. The van der Waals surface area contributed by atoms with Crippen LogP contribution in [0.15, 0.2) is 46.2 Å². The Bertz CT molecular complexity index is 811.